The molecule has 24 heavy (non-hydrogen) atoms. The average molecular weight is 327 g/mol. The summed E-state index contributed by atoms with van der Waals surface area (Å²) in [7, 11) is 1.90. The van der Waals surface area contributed by atoms with Crippen LogP contribution in [0.3, 0.4) is 0 Å². The molecule has 0 unspecified atom stereocenters. The molecule has 5 heteroatoms. The zero-order valence-electron chi connectivity index (χ0n) is 13.9. The van der Waals surface area contributed by atoms with E-state index in [0.29, 0.717) is 18.2 Å². The molecule has 1 aliphatic rings. The van der Waals surface area contributed by atoms with Crippen molar-refractivity contribution in [1.82, 2.24) is 9.47 Å². The first-order chi connectivity index (χ1) is 11.6. The van der Waals surface area contributed by atoms with Crippen molar-refractivity contribution in [3.63, 3.8) is 0 Å². The van der Waals surface area contributed by atoms with E-state index in [9.17, 15) is 4.39 Å². The molecule has 0 aliphatic carbocycles. The van der Waals surface area contributed by atoms with Gasteiger partial charge in [-0.3, -0.25) is 4.90 Å². The van der Waals surface area contributed by atoms with Crippen LogP contribution < -0.4 is 4.74 Å². The van der Waals surface area contributed by atoms with Crippen molar-refractivity contribution in [1.29, 1.82) is 5.26 Å². The molecule has 126 valence electrons. The second-order valence-electron chi connectivity index (χ2n) is 6.46. The Kier molecular flexibility index (Phi) is 5.17. The van der Waals surface area contributed by atoms with E-state index in [0.717, 1.165) is 38.2 Å². The molecular formula is C19H22FN3O. The van der Waals surface area contributed by atoms with Gasteiger partial charge in [-0.25, -0.2) is 4.39 Å². The summed E-state index contributed by atoms with van der Waals surface area (Å²) in [5, 5.41) is 9.05. The summed E-state index contributed by atoms with van der Waals surface area (Å²) in [6.07, 6.45) is 4.32. The third-order valence-corrected chi connectivity index (χ3v) is 4.48. The van der Waals surface area contributed by atoms with Crippen LogP contribution in [0.1, 0.15) is 24.1 Å². The highest BCUT2D eigenvalue weighted by Crippen LogP contribution is 2.21. The van der Waals surface area contributed by atoms with E-state index >= 15 is 0 Å². The second-order valence-corrected chi connectivity index (χ2v) is 6.46. The average Bonchev–Trinajstić information content (AvgIpc) is 2.94. The van der Waals surface area contributed by atoms with E-state index in [4.69, 9.17) is 10.00 Å². The lowest BCUT2D eigenvalue weighted by atomic mass is 9.98. The fourth-order valence-corrected chi connectivity index (χ4v) is 3.26. The fraction of sp³-hybridized carbons (Fsp3) is 0.421. The van der Waals surface area contributed by atoms with Crippen molar-refractivity contribution in [2.45, 2.75) is 19.4 Å². The predicted octanol–water partition coefficient (Wildman–Crippen LogP) is 3.33. The molecule has 0 bridgehead atoms. The zero-order valence-corrected chi connectivity index (χ0v) is 13.9. The van der Waals surface area contributed by atoms with Crippen LogP contribution in [0.2, 0.25) is 0 Å². The molecule has 1 fully saturated rings. The van der Waals surface area contributed by atoms with Crippen LogP contribution >= 0.6 is 0 Å². The van der Waals surface area contributed by atoms with E-state index in [1.165, 1.54) is 17.7 Å². The lowest BCUT2D eigenvalue weighted by Gasteiger charge is -2.32. The van der Waals surface area contributed by atoms with Crippen LogP contribution in [-0.4, -0.2) is 29.2 Å². The molecule has 0 saturated carbocycles. The maximum absolute atomic E-state index is 12.9. The Morgan fingerprint density at radius 3 is 2.83 bits per heavy atom. The Labute approximate surface area is 142 Å². The number of nitriles is 1. The molecule has 1 saturated heterocycles. The van der Waals surface area contributed by atoms with Crippen LogP contribution in [0, 0.1) is 23.1 Å². The highest BCUT2D eigenvalue weighted by molar-refractivity contribution is 5.28. The number of aromatic nitrogens is 1. The molecule has 4 nitrogen and oxygen atoms in total. The largest absolute Gasteiger partial charge is 0.493 e. The summed E-state index contributed by atoms with van der Waals surface area (Å²) in [6, 6.07) is 10.3. The van der Waals surface area contributed by atoms with Crippen molar-refractivity contribution in [3.8, 4) is 11.8 Å². The van der Waals surface area contributed by atoms with Gasteiger partial charge in [0.1, 0.15) is 23.3 Å². The minimum absolute atomic E-state index is 0.245. The van der Waals surface area contributed by atoms with Gasteiger partial charge in [0, 0.05) is 32.3 Å². The fourth-order valence-electron chi connectivity index (χ4n) is 3.26. The number of rotatable bonds is 5. The molecular weight excluding hydrogens is 305 g/mol. The van der Waals surface area contributed by atoms with Gasteiger partial charge in [-0.1, -0.05) is 0 Å². The van der Waals surface area contributed by atoms with Crippen molar-refractivity contribution in [2.75, 3.05) is 19.7 Å². The van der Waals surface area contributed by atoms with Crippen molar-refractivity contribution < 1.29 is 9.13 Å². The number of hydrogen-bond donors (Lipinski definition) is 0. The van der Waals surface area contributed by atoms with Gasteiger partial charge in [0.15, 0.2) is 0 Å². The van der Waals surface area contributed by atoms with Crippen molar-refractivity contribution >= 4 is 0 Å². The number of ether oxygens (including phenoxy) is 1. The minimum atomic E-state index is -0.245. The SMILES string of the molecule is Cn1cc(CN2CCC[C@H](COc3ccc(F)cc3)C2)cc1C#N. The number of benzene rings is 1. The highest BCUT2D eigenvalue weighted by Gasteiger charge is 2.21. The number of halogens is 1. The Balaban J connectivity index is 1.52. The molecule has 1 aromatic carbocycles. The molecule has 1 aromatic heterocycles. The lowest BCUT2D eigenvalue weighted by molar-refractivity contribution is 0.125. The van der Waals surface area contributed by atoms with Gasteiger partial charge in [-0.05, 0) is 55.3 Å². The normalized spacial score (nSPS) is 18.3. The Morgan fingerprint density at radius 1 is 1.33 bits per heavy atom. The minimum Gasteiger partial charge on any atom is -0.493 e. The van der Waals surface area contributed by atoms with Gasteiger partial charge in [0.2, 0.25) is 0 Å². The van der Waals surface area contributed by atoms with Crippen LogP contribution in [0.15, 0.2) is 36.5 Å². The van der Waals surface area contributed by atoms with Crippen LogP contribution in [0.4, 0.5) is 4.39 Å². The summed E-state index contributed by atoms with van der Waals surface area (Å²) in [5.41, 5.74) is 1.87. The first-order valence-electron chi connectivity index (χ1n) is 8.30. The number of piperidine rings is 1. The third kappa shape index (κ3) is 4.15. The van der Waals surface area contributed by atoms with E-state index in [-0.39, 0.29) is 5.82 Å². The number of likely N-dealkylation sites (tertiary alicyclic amines) is 1. The first kappa shape index (κ1) is 16.5. The Morgan fingerprint density at radius 2 is 2.12 bits per heavy atom. The van der Waals surface area contributed by atoms with E-state index in [1.54, 1.807) is 12.1 Å². The monoisotopic (exact) mass is 327 g/mol. The highest BCUT2D eigenvalue weighted by atomic mass is 19.1. The van der Waals surface area contributed by atoms with Crippen LogP contribution in [0.5, 0.6) is 5.75 Å². The number of aryl methyl sites for hydroxylation is 1. The lowest BCUT2D eigenvalue weighted by Crippen LogP contribution is -2.37. The van der Waals surface area contributed by atoms with Crippen molar-refractivity contribution in [2.24, 2.45) is 13.0 Å². The van der Waals surface area contributed by atoms with Gasteiger partial charge < -0.3 is 9.30 Å². The molecule has 0 N–H and O–H groups in total. The predicted molar refractivity (Wildman–Crippen MR) is 90.0 cm³/mol. The summed E-state index contributed by atoms with van der Waals surface area (Å²) in [5.74, 6) is 0.948. The van der Waals surface area contributed by atoms with E-state index in [1.807, 2.05) is 23.9 Å². The number of nitrogens with zero attached hydrogens (tertiary/aromatic N) is 3. The summed E-state index contributed by atoms with van der Waals surface area (Å²) < 4.78 is 20.6. The molecule has 2 heterocycles. The van der Waals surface area contributed by atoms with Gasteiger partial charge in [0.05, 0.1) is 6.61 Å². The number of hydrogen-bond acceptors (Lipinski definition) is 3. The maximum Gasteiger partial charge on any atom is 0.123 e. The molecule has 2 aromatic rings. The molecule has 0 amide bonds. The Hall–Kier alpha value is -2.32. The van der Waals surface area contributed by atoms with Gasteiger partial charge in [-0.2, -0.15) is 5.26 Å². The summed E-state index contributed by atoms with van der Waals surface area (Å²) in [6.45, 7) is 3.57. The van der Waals surface area contributed by atoms with Gasteiger partial charge in [0.25, 0.3) is 0 Å². The van der Waals surface area contributed by atoms with Gasteiger partial charge in [-0.15, -0.1) is 0 Å². The smallest absolute Gasteiger partial charge is 0.123 e. The molecule has 1 atom stereocenters. The first-order valence-corrected chi connectivity index (χ1v) is 8.30. The topological polar surface area (TPSA) is 41.2 Å². The van der Waals surface area contributed by atoms with E-state index < -0.39 is 0 Å². The summed E-state index contributed by atoms with van der Waals surface area (Å²) >= 11 is 0. The standard InChI is InChI=1S/C19H22FN3O/c1-22-11-16(9-18(22)10-21)13-23-8-2-3-15(12-23)14-24-19-6-4-17(20)5-7-19/h4-7,9,11,15H,2-3,8,12-14H2,1H3/t15-/m0/s1. The van der Waals surface area contributed by atoms with Crippen LogP contribution in [-0.2, 0) is 13.6 Å². The molecule has 1 aliphatic heterocycles. The quantitative estimate of drug-likeness (QED) is 0.846. The third-order valence-electron chi connectivity index (χ3n) is 4.48. The molecule has 0 radical (unpaired) electrons. The van der Waals surface area contributed by atoms with Gasteiger partial charge >= 0.3 is 0 Å². The maximum atomic E-state index is 12.9. The Bertz CT molecular complexity index is 717. The molecule has 0 spiro atoms. The van der Waals surface area contributed by atoms with Crippen LogP contribution in [0.25, 0.3) is 0 Å². The van der Waals surface area contributed by atoms with Crippen molar-refractivity contribution in [3.05, 3.63) is 53.6 Å². The zero-order chi connectivity index (χ0) is 16.9. The summed E-state index contributed by atoms with van der Waals surface area (Å²) in [4.78, 5) is 2.42. The second kappa shape index (κ2) is 7.50. The molecule has 3 rings (SSSR count). The van der Waals surface area contributed by atoms with E-state index in [2.05, 4.69) is 11.0 Å².